The van der Waals surface area contributed by atoms with Crippen molar-refractivity contribution in [3.8, 4) is 5.75 Å². The molecule has 2 N–H and O–H groups in total. The summed E-state index contributed by atoms with van der Waals surface area (Å²) >= 11 is 0. The van der Waals surface area contributed by atoms with Gasteiger partial charge in [0, 0.05) is 19.7 Å². The maximum absolute atomic E-state index is 9.69. The predicted octanol–water partition coefficient (Wildman–Crippen LogP) is 2.00. The highest BCUT2D eigenvalue weighted by molar-refractivity contribution is 5.27. The molecule has 0 aliphatic rings. The molecule has 114 valence electrons. The largest absolute Gasteiger partial charge is 0.492 e. The molecule has 1 aromatic carbocycles. The van der Waals surface area contributed by atoms with Gasteiger partial charge in [0.25, 0.3) is 0 Å². The number of ether oxygens (including phenoxy) is 2. The van der Waals surface area contributed by atoms with Crippen LogP contribution in [0.4, 0.5) is 0 Å². The molecule has 20 heavy (non-hydrogen) atoms. The molecule has 0 amide bonds. The fraction of sp³-hybridized carbons (Fsp3) is 0.625. The fourth-order valence-corrected chi connectivity index (χ4v) is 1.71. The van der Waals surface area contributed by atoms with E-state index in [1.165, 1.54) is 5.56 Å². The maximum Gasteiger partial charge on any atom is 0.119 e. The highest BCUT2D eigenvalue weighted by Crippen LogP contribution is 2.11. The Labute approximate surface area is 122 Å². The van der Waals surface area contributed by atoms with Crippen LogP contribution in [-0.4, -0.2) is 44.1 Å². The summed E-state index contributed by atoms with van der Waals surface area (Å²) in [6, 6.07) is 7.97. The molecule has 0 heterocycles. The van der Waals surface area contributed by atoms with Gasteiger partial charge in [-0.2, -0.15) is 0 Å². The molecule has 0 spiro atoms. The van der Waals surface area contributed by atoms with E-state index in [2.05, 4.69) is 19.2 Å². The van der Waals surface area contributed by atoms with Crippen LogP contribution in [0.5, 0.6) is 5.75 Å². The van der Waals surface area contributed by atoms with Crippen LogP contribution in [-0.2, 0) is 4.74 Å². The van der Waals surface area contributed by atoms with Gasteiger partial charge in [-0.3, -0.25) is 0 Å². The van der Waals surface area contributed by atoms with Crippen molar-refractivity contribution in [2.24, 2.45) is 5.92 Å². The Morgan fingerprint density at radius 2 is 2.05 bits per heavy atom. The highest BCUT2D eigenvalue weighted by atomic mass is 16.5. The Morgan fingerprint density at radius 3 is 2.75 bits per heavy atom. The molecule has 1 unspecified atom stereocenters. The van der Waals surface area contributed by atoms with Crippen LogP contribution in [0.3, 0.4) is 0 Å². The van der Waals surface area contributed by atoms with Gasteiger partial charge in [0.1, 0.15) is 12.4 Å². The summed E-state index contributed by atoms with van der Waals surface area (Å²) in [6.45, 7) is 9.10. The number of aliphatic hydroxyl groups is 1. The molecule has 0 aromatic heterocycles. The minimum absolute atomic E-state index is 0.379. The quantitative estimate of drug-likeness (QED) is 0.644. The monoisotopic (exact) mass is 281 g/mol. The third-order valence-electron chi connectivity index (χ3n) is 2.68. The van der Waals surface area contributed by atoms with Gasteiger partial charge in [0.05, 0.1) is 12.7 Å². The molecule has 0 aliphatic heterocycles. The van der Waals surface area contributed by atoms with Crippen molar-refractivity contribution < 1.29 is 14.6 Å². The molecule has 0 bridgehead atoms. The normalized spacial score (nSPS) is 12.7. The van der Waals surface area contributed by atoms with Gasteiger partial charge >= 0.3 is 0 Å². The minimum Gasteiger partial charge on any atom is -0.492 e. The Bertz CT molecular complexity index is 368. The summed E-state index contributed by atoms with van der Waals surface area (Å²) in [5, 5.41) is 12.8. The second-order valence-electron chi connectivity index (χ2n) is 5.45. The molecule has 0 saturated carbocycles. The van der Waals surface area contributed by atoms with Crippen LogP contribution in [0.2, 0.25) is 0 Å². The lowest BCUT2D eigenvalue weighted by molar-refractivity contribution is 0.0259. The Balaban J connectivity index is 2.01. The van der Waals surface area contributed by atoms with E-state index in [0.29, 0.717) is 38.8 Å². The van der Waals surface area contributed by atoms with Crippen molar-refractivity contribution in [1.82, 2.24) is 5.32 Å². The molecule has 0 fully saturated rings. The van der Waals surface area contributed by atoms with Crippen LogP contribution >= 0.6 is 0 Å². The van der Waals surface area contributed by atoms with Crippen LogP contribution in [0.25, 0.3) is 0 Å². The zero-order valence-corrected chi connectivity index (χ0v) is 12.8. The Morgan fingerprint density at radius 1 is 1.25 bits per heavy atom. The third-order valence-corrected chi connectivity index (χ3v) is 2.68. The lowest BCUT2D eigenvalue weighted by Gasteiger charge is -2.13. The SMILES string of the molecule is Cc1cccc(OCCNCC(O)COCC(C)C)c1. The number of rotatable bonds is 10. The maximum atomic E-state index is 9.69. The van der Waals surface area contributed by atoms with Crippen molar-refractivity contribution in [1.29, 1.82) is 0 Å². The van der Waals surface area contributed by atoms with Gasteiger partial charge in [-0.15, -0.1) is 0 Å². The summed E-state index contributed by atoms with van der Waals surface area (Å²) in [4.78, 5) is 0. The lowest BCUT2D eigenvalue weighted by atomic mass is 10.2. The van der Waals surface area contributed by atoms with E-state index in [1.54, 1.807) is 0 Å². The van der Waals surface area contributed by atoms with Crippen LogP contribution in [0, 0.1) is 12.8 Å². The number of hydrogen-bond acceptors (Lipinski definition) is 4. The molecule has 1 rings (SSSR count). The first-order chi connectivity index (χ1) is 9.58. The molecule has 4 nitrogen and oxygen atoms in total. The molecular weight excluding hydrogens is 254 g/mol. The molecule has 4 heteroatoms. The summed E-state index contributed by atoms with van der Waals surface area (Å²) in [7, 11) is 0. The first kappa shape index (κ1) is 17.0. The molecule has 0 aliphatic carbocycles. The first-order valence-electron chi connectivity index (χ1n) is 7.24. The van der Waals surface area contributed by atoms with Crippen molar-refractivity contribution in [2.75, 3.05) is 32.9 Å². The van der Waals surface area contributed by atoms with Gasteiger partial charge in [-0.1, -0.05) is 26.0 Å². The van der Waals surface area contributed by atoms with Crippen molar-refractivity contribution in [3.05, 3.63) is 29.8 Å². The average molecular weight is 281 g/mol. The third kappa shape index (κ3) is 8.15. The smallest absolute Gasteiger partial charge is 0.119 e. The van der Waals surface area contributed by atoms with Gasteiger partial charge in [-0.25, -0.2) is 0 Å². The minimum atomic E-state index is -0.465. The van der Waals surface area contributed by atoms with Crippen molar-refractivity contribution >= 4 is 0 Å². The summed E-state index contributed by atoms with van der Waals surface area (Å²) < 4.78 is 11.0. The molecular formula is C16H27NO3. The number of nitrogens with one attached hydrogen (secondary N) is 1. The number of hydrogen-bond donors (Lipinski definition) is 2. The topological polar surface area (TPSA) is 50.7 Å². The van der Waals surface area contributed by atoms with E-state index in [4.69, 9.17) is 9.47 Å². The predicted molar refractivity (Wildman–Crippen MR) is 81.2 cm³/mol. The van der Waals surface area contributed by atoms with Crippen molar-refractivity contribution in [3.63, 3.8) is 0 Å². The second-order valence-corrected chi connectivity index (χ2v) is 5.45. The highest BCUT2D eigenvalue weighted by Gasteiger charge is 2.04. The zero-order valence-electron chi connectivity index (χ0n) is 12.8. The van der Waals surface area contributed by atoms with E-state index < -0.39 is 6.10 Å². The van der Waals surface area contributed by atoms with E-state index in [9.17, 15) is 5.11 Å². The van der Waals surface area contributed by atoms with Crippen LogP contribution < -0.4 is 10.1 Å². The molecule has 1 aromatic rings. The first-order valence-corrected chi connectivity index (χ1v) is 7.24. The van der Waals surface area contributed by atoms with Crippen LogP contribution in [0.1, 0.15) is 19.4 Å². The summed E-state index contributed by atoms with van der Waals surface area (Å²) in [5.74, 6) is 1.38. The van der Waals surface area contributed by atoms with Gasteiger partial charge < -0.3 is 19.9 Å². The molecule has 0 saturated heterocycles. The summed E-state index contributed by atoms with van der Waals surface area (Å²) in [6.07, 6.45) is -0.465. The summed E-state index contributed by atoms with van der Waals surface area (Å²) in [5.41, 5.74) is 1.19. The Kier molecular flexibility index (Phi) is 8.26. The number of aryl methyl sites for hydroxylation is 1. The number of benzene rings is 1. The average Bonchev–Trinajstić information content (AvgIpc) is 2.38. The van der Waals surface area contributed by atoms with Gasteiger partial charge in [-0.05, 0) is 30.5 Å². The van der Waals surface area contributed by atoms with Crippen LogP contribution in [0.15, 0.2) is 24.3 Å². The van der Waals surface area contributed by atoms with Gasteiger partial charge in [0.15, 0.2) is 0 Å². The molecule has 0 radical (unpaired) electrons. The van der Waals surface area contributed by atoms with E-state index in [-0.39, 0.29) is 0 Å². The lowest BCUT2D eigenvalue weighted by Crippen LogP contribution is -2.33. The van der Waals surface area contributed by atoms with E-state index in [1.807, 2.05) is 31.2 Å². The zero-order chi connectivity index (χ0) is 14.8. The fourth-order valence-electron chi connectivity index (χ4n) is 1.71. The number of aliphatic hydroxyl groups excluding tert-OH is 1. The standard InChI is InChI=1S/C16H27NO3/c1-13(2)11-19-12-15(18)10-17-7-8-20-16-6-4-5-14(3)9-16/h4-6,9,13,15,17-18H,7-8,10-12H2,1-3H3. The van der Waals surface area contributed by atoms with E-state index >= 15 is 0 Å². The second kappa shape index (κ2) is 9.75. The van der Waals surface area contributed by atoms with E-state index in [0.717, 1.165) is 5.75 Å². The van der Waals surface area contributed by atoms with Gasteiger partial charge in [0.2, 0.25) is 0 Å². The molecule has 1 atom stereocenters. The Hall–Kier alpha value is -1.10. The van der Waals surface area contributed by atoms with Crippen molar-refractivity contribution in [2.45, 2.75) is 26.9 Å².